The van der Waals surface area contributed by atoms with Crippen LogP contribution in [0.25, 0.3) is 0 Å². The molecule has 0 N–H and O–H groups in total. The maximum Gasteiger partial charge on any atom is 0.382 e. The first-order chi connectivity index (χ1) is 33.3. The number of hydrogen-bond donors (Lipinski definition) is 0. The van der Waals surface area contributed by atoms with E-state index in [0.717, 1.165) is 43.0 Å². The molecule has 18 heteroatoms. The molecule has 364 valence electrons. The number of alkyl halides is 4. The minimum Gasteiger partial charge on any atom is -0.461 e. The van der Waals surface area contributed by atoms with Gasteiger partial charge in [0.25, 0.3) is 20.0 Å². The second-order valence-electron chi connectivity index (χ2n) is 17.4. The Balaban J connectivity index is 0.000000174. The first-order valence-corrected chi connectivity index (χ1v) is 25.1. The van der Waals surface area contributed by atoms with Gasteiger partial charge in [-0.1, -0.05) is 132 Å². The smallest absolute Gasteiger partial charge is 0.382 e. The van der Waals surface area contributed by atoms with Gasteiger partial charge in [-0.2, -0.15) is 17.6 Å². The first kappa shape index (κ1) is 48.4. The molecule has 4 heterocycles. The summed E-state index contributed by atoms with van der Waals surface area (Å²) >= 11 is 0. The van der Waals surface area contributed by atoms with E-state index < -0.39 is 78.4 Å². The van der Waals surface area contributed by atoms with Gasteiger partial charge in [-0.15, -0.1) is 0 Å². The lowest BCUT2D eigenvalue weighted by atomic mass is 9.92. The van der Waals surface area contributed by atoms with Crippen molar-refractivity contribution in [1.82, 2.24) is 0 Å². The second kappa shape index (κ2) is 18.3. The van der Waals surface area contributed by atoms with Crippen molar-refractivity contribution < 1.29 is 62.9 Å². The summed E-state index contributed by atoms with van der Waals surface area (Å²) < 4.78 is 140. The molecule has 4 atom stereocenters. The van der Waals surface area contributed by atoms with Crippen molar-refractivity contribution in [3.05, 3.63) is 191 Å². The quantitative estimate of drug-likeness (QED) is 0.0898. The van der Waals surface area contributed by atoms with Gasteiger partial charge < -0.3 is 18.9 Å². The van der Waals surface area contributed by atoms with Crippen LogP contribution in [-0.2, 0) is 71.6 Å². The second-order valence-corrected chi connectivity index (χ2v) is 21.1. The predicted octanol–water partition coefficient (Wildman–Crippen LogP) is 9.05. The number of cyclic esters (lactones) is 2. The third-order valence-corrected chi connectivity index (χ3v) is 16.6. The highest BCUT2D eigenvalue weighted by Gasteiger charge is 2.61. The molecule has 0 amide bonds. The Morgan fingerprint density at radius 1 is 0.471 bits per heavy atom. The van der Waals surface area contributed by atoms with Gasteiger partial charge in [-0.25, -0.2) is 26.4 Å². The third kappa shape index (κ3) is 8.82. The number of rotatable bonds is 6. The van der Waals surface area contributed by atoms with Gasteiger partial charge in [-0.05, 0) is 61.4 Å². The molecule has 12 nitrogen and oxygen atoms in total. The van der Waals surface area contributed by atoms with Crippen molar-refractivity contribution in [1.29, 1.82) is 0 Å². The van der Waals surface area contributed by atoms with Crippen LogP contribution in [0.5, 0.6) is 0 Å². The van der Waals surface area contributed by atoms with E-state index >= 15 is 17.6 Å². The molecule has 0 aromatic heterocycles. The van der Waals surface area contributed by atoms with Gasteiger partial charge in [0.2, 0.25) is 0 Å². The summed E-state index contributed by atoms with van der Waals surface area (Å²) in [6.07, 6.45) is -1.05. The van der Waals surface area contributed by atoms with E-state index in [1.165, 1.54) is 60.7 Å². The standard InChI is InChI=1S/2C26H23F2NO5S/c2*1-18-11-13-20(14-12-18)35(31,32)29-17-23-25(34-23,19-7-3-2-4-8-19)15-16-33-24(30)26(27,28)21-9-5-6-10-22(21)29/h2*2-14,23H,15-17H2,1H3/t2*23-,25-/m10/s1. The highest BCUT2D eigenvalue weighted by Crippen LogP contribution is 2.53. The van der Waals surface area contributed by atoms with Crippen molar-refractivity contribution in [2.75, 3.05) is 34.9 Å². The number of halogens is 4. The Bertz CT molecular complexity index is 2940. The SMILES string of the molecule is Cc1ccc(S(=O)(=O)N2C[C@@H]3O[C@]3(c3ccccc3)CCOC(=O)C(F)(F)c3ccccc32)cc1.Cc1ccc(S(=O)(=O)N2C[C@H]3O[C@@]3(c3ccccc3)CCOC(=O)C(F)(F)c3ccccc32)cc1. The molecule has 0 bridgehead atoms. The van der Waals surface area contributed by atoms with Gasteiger partial charge in [-0.3, -0.25) is 8.61 Å². The average molecular weight is 999 g/mol. The molecule has 0 aliphatic carbocycles. The number of carbonyl (C=O) groups excluding carboxylic acids is 2. The summed E-state index contributed by atoms with van der Waals surface area (Å²) in [5.74, 6) is -11.6. The highest BCUT2D eigenvalue weighted by molar-refractivity contribution is 7.93. The molecule has 6 aromatic carbocycles. The fraction of sp³-hybridized carbons (Fsp3) is 0.269. The lowest BCUT2D eigenvalue weighted by Crippen LogP contribution is -2.38. The molecule has 6 aromatic rings. The first-order valence-electron chi connectivity index (χ1n) is 22.3. The van der Waals surface area contributed by atoms with Gasteiger partial charge in [0.1, 0.15) is 23.4 Å². The Labute approximate surface area is 402 Å². The van der Waals surface area contributed by atoms with Crippen LogP contribution in [0.4, 0.5) is 28.9 Å². The summed E-state index contributed by atoms with van der Waals surface area (Å²) in [5.41, 5.74) is -0.782. The maximum absolute atomic E-state index is 15.3. The van der Waals surface area contributed by atoms with Gasteiger partial charge in [0.05, 0.1) is 58.6 Å². The van der Waals surface area contributed by atoms with Gasteiger partial charge in [0.15, 0.2) is 0 Å². The minimum atomic E-state index is -4.29. The van der Waals surface area contributed by atoms with E-state index in [4.69, 9.17) is 18.9 Å². The van der Waals surface area contributed by atoms with E-state index in [0.29, 0.717) is 0 Å². The molecule has 2 saturated heterocycles. The van der Waals surface area contributed by atoms with Crippen LogP contribution in [0.3, 0.4) is 0 Å². The van der Waals surface area contributed by atoms with E-state index in [1.807, 2.05) is 74.5 Å². The van der Waals surface area contributed by atoms with E-state index in [1.54, 1.807) is 24.3 Å². The largest absolute Gasteiger partial charge is 0.461 e. The van der Waals surface area contributed by atoms with E-state index in [2.05, 4.69) is 0 Å². The Morgan fingerprint density at radius 3 is 1.16 bits per heavy atom. The van der Waals surface area contributed by atoms with Crippen molar-refractivity contribution in [2.45, 2.75) is 71.7 Å². The van der Waals surface area contributed by atoms with Crippen molar-refractivity contribution in [3.8, 4) is 0 Å². The molecular formula is C52H46F4N2O10S2. The molecule has 0 saturated carbocycles. The zero-order chi connectivity index (χ0) is 49.7. The fourth-order valence-electron chi connectivity index (χ4n) is 9.02. The van der Waals surface area contributed by atoms with Crippen molar-refractivity contribution in [2.24, 2.45) is 0 Å². The zero-order valence-corrected chi connectivity index (χ0v) is 39.3. The number of nitrogens with zero attached hydrogens (tertiary/aromatic N) is 2. The summed E-state index contributed by atoms with van der Waals surface area (Å²) in [6.45, 7) is 2.60. The molecule has 10 rings (SSSR count). The molecule has 4 aliphatic heterocycles. The van der Waals surface area contributed by atoms with Gasteiger partial charge >= 0.3 is 23.8 Å². The van der Waals surface area contributed by atoms with E-state index in [9.17, 15) is 26.4 Å². The number of anilines is 2. The van der Waals surface area contributed by atoms with Crippen LogP contribution in [-0.4, -0.2) is 67.3 Å². The lowest BCUT2D eigenvalue weighted by Gasteiger charge is -2.28. The number of ether oxygens (including phenoxy) is 4. The Kier molecular flexibility index (Phi) is 12.7. The molecule has 4 aliphatic rings. The number of fused-ring (bicyclic) bond motifs is 4. The molecular weight excluding hydrogens is 953 g/mol. The topological polar surface area (TPSA) is 152 Å². The average Bonchev–Trinajstić information content (AvgIpc) is 4.27. The number of sulfonamides is 2. The monoisotopic (exact) mass is 998 g/mol. The number of para-hydroxylation sites is 2. The number of benzene rings is 6. The summed E-state index contributed by atoms with van der Waals surface area (Å²) in [4.78, 5) is 24.8. The van der Waals surface area contributed by atoms with Gasteiger partial charge in [0, 0.05) is 12.8 Å². The molecule has 0 unspecified atom stereocenters. The number of esters is 2. The fourth-order valence-corrected chi connectivity index (χ4v) is 12.0. The maximum atomic E-state index is 15.3. The predicted molar refractivity (Wildman–Crippen MR) is 249 cm³/mol. The lowest BCUT2D eigenvalue weighted by molar-refractivity contribution is -0.174. The highest BCUT2D eigenvalue weighted by atomic mass is 32.2. The van der Waals surface area contributed by atoms with E-state index in [-0.39, 0.29) is 60.3 Å². The minimum absolute atomic E-state index is 0.0513. The Morgan fingerprint density at radius 2 is 0.800 bits per heavy atom. The molecule has 0 radical (unpaired) electrons. The number of aryl methyl sites for hydroxylation is 2. The van der Waals surface area contributed by atoms with Crippen molar-refractivity contribution >= 4 is 43.4 Å². The number of carbonyl (C=O) groups is 2. The van der Waals surface area contributed by atoms with Crippen LogP contribution in [0.15, 0.2) is 168 Å². The molecule has 0 spiro atoms. The van der Waals surface area contributed by atoms with Crippen LogP contribution < -0.4 is 8.61 Å². The normalized spacial score (nSPS) is 23.9. The van der Waals surface area contributed by atoms with Crippen LogP contribution in [0, 0.1) is 13.8 Å². The molecule has 70 heavy (non-hydrogen) atoms. The zero-order valence-electron chi connectivity index (χ0n) is 37.7. The molecule has 2 fully saturated rings. The number of epoxide rings is 2. The summed E-state index contributed by atoms with van der Waals surface area (Å²) in [7, 11) is -8.57. The summed E-state index contributed by atoms with van der Waals surface area (Å²) in [5, 5.41) is 0. The van der Waals surface area contributed by atoms with Crippen LogP contribution in [0.1, 0.15) is 46.2 Å². The third-order valence-electron chi connectivity index (χ3n) is 13.0. The summed E-state index contributed by atoms with van der Waals surface area (Å²) in [6, 6.07) is 40.7. The van der Waals surface area contributed by atoms with Crippen LogP contribution in [0.2, 0.25) is 0 Å². The number of hydrogen-bond acceptors (Lipinski definition) is 10. The van der Waals surface area contributed by atoms with Crippen molar-refractivity contribution in [3.63, 3.8) is 0 Å². The van der Waals surface area contributed by atoms with Crippen LogP contribution >= 0.6 is 0 Å². The Hall–Kier alpha value is -6.60.